The monoisotopic (exact) mass is 367 g/mol. The van der Waals surface area contributed by atoms with Crippen molar-refractivity contribution >= 4 is 57.4 Å². The predicted molar refractivity (Wildman–Crippen MR) is 91.9 cm³/mol. The van der Waals surface area contributed by atoms with Crippen molar-refractivity contribution in [3.63, 3.8) is 0 Å². The first kappa shape index (κ1) is 15.9. The van der Waals surface area contributed by atoms with Gasteiger partial charge in [0, 0.05) is 5.39 Å². The number of hydrogen-bond acceptors (Lipinski definition) is 3. The molecule has 0 saturated carbocycles. The lowest BCUT2D eigenvalue weighted by Gasteiger charge is -2.08. The van der Waals surface area contributed by atoms with Gasteiger partial charge in [-0.05, 0) is 24.3 Å². The Bertz CT molecular complexity index is 982. The number of rotatable bonds is 2. The first-order valence-electron chi connectivity index (χ1n) is 6.45. The summed E-state index contributed by atoms with van der Waals surface area (Å²) in [4.78, 5) is 24.3. The molecule has 1 aromatic heterocycles. The lowest BCUT2D eigenvalue weighted by atomic mass is 10.1. The molecule has 7 heteroatoms. The molecule has 0 aliphatic rings. The van der Waals surface area contributed by atoms with Crippen molar-refractivity contribution in [1.29, 1.82) is 0 Å². The van der Waals surface area contributed by atoms with E-state index in [1.54, 1.807) is 36.4 Å². The number of para-hydroxylation sites is 1. The van der Waals surface area contributed by atoms with Crippen LogP contribution in [0, 0.1) is 0 Å². The Hall–Kier alpha value is -2.01. The van der Waals surface area contributed by atoms with Gasteiger partial charge in [0.05, 0.1) is 20.8 Å². The summed E-state index contributed by atoms with van der Waals surface area (Å²) in [5.41, 5.74) is -0.414. The number of hydrogen-bond donors (Lipinski definition) is 1. The van der Waals surface area contributed by atoms with Gasteiger partial charge in [-0.15, -0.1) is 0 Å². The SMILES string of the molecule is O=C(Nc1cccc(Cl)c1Cl)c1cc2cccc(Cl)c2oc1=O. The summed E-state index contributed by atoms with van der Waals surface area (Å²) in [7, 11) is 0. The molecule has 0 bridgehead atoms. The molecule has 0 atom stereocenters. The molecule has 1 amide bonds. The molecule has 23 heavy (non-hydrogen) atoms. The number of fused-ring (bicyclic) bond motifs is 1. The third kappa shape index (κ3) is 3.06. The standard InChI is InChI=1S/C16H8Cl3NO3/c17-10-4-2-6-12(13(10)19)20-15(21)9-7-8-3-1-5-11(18)14(8)23-16(9)22/h1-7H,(H,20,21). The number of carbonyl (C=O) groups excluding carboxylic acids is 1. The van der Waals surface area contributed by atoms with Crippen LogP contribution in [-0.4, -0.2) is 5.91 Å². The Labute approximate surface area is 145 Å². The Kier molecular flexibility index (Phi) is 4.31. The van der Waals surface area contributed by atoms with Gasteiger partial charge < -0.3 is 9.73 Å². The molecule has 0 aliphatic heterocycles. The highest BCUT2D eigenvalue weighted by molar-refractivity contribution is 6.44. The van der Waals surface area contributed by atoms with E-state index in [4.69, 9.17) is 39.2 Å². The largest absolute Gasteiger partial charge is 0.421 e. The van der Waals surface area contributed by atoms with Gasteiger partial charge in [0.15, 0.2) is 5.58 Å². The van der Waals surface area contributed by atoms with Crippen LogP contribution >= 0.6 is 34.8 Å². The minimum Gasteiger partial charge on any atom is -0.421 e. The molecular formula is C16H8Cl3NO3. The molecule has 0 spiro atoms. The number of amides is 1. The minimum atomic E-state index is -0.791. The smallest absolute Gasteiger partial charge is 0.349 e. The first-order chi connectivity index (χ1) is 11.0. The van der Waals surface area contributed by atoms with Crippen molar-refractivity contribution in [2.75, 3.05) is 5.32 Å². The summed E-state index contributed by atoms with van der Waals surface area (Å²) < 4.78 is 5.13. The van der Waals surface area contributed by atoms with Crippen molar-refractivity contribution in [2.45, 2.75) is 0 Å². The average Bonchev–Trinajstić information content (AvgIpc) is 2.52. The van der Waals surface area contributed by atoms with Crippen LogP contribution in [0.25, 0.3) is 11.0 Å². The highest BCUT2D eigenvalue weighted by Gasteiger charge is 2.16. The highest BCUT2D eigenvalue weighted by atomic mass is 35.5. The van der Waals surface area contributed by atoms with Crippen LogP contribution in [0.5, 0.6) is 0 Å². The van der Waals surface area contributed by atoms with Gasteiger partial charge in [-0.2, -0.15) is 0 Å². The van der Waals surface area contributed by atoms with Crippen LogP contribution in [0.1, 0.15) is 10.4 Å². The lowest BCUT2D eigenvalue weighted by Crippen LogP contribution is -2.20. The van der Waals surface area contributed by atoms with E-state index in [1.807, 2.05) is 0 Å². The molecule has 3 rings (SSSR count). The van der Waals surface area contributed by atoms with E-state index in [1.165, 1.54) is 6.07 Å². The molecule has 0 saturated heterocycles. The fraction of sp³-hybridized carbons (Fsp3) is 0. The van der Waals surface area contributed by atoms with Crippen LogP contribution in [-0.2, 0) is 0 Å². The summed E-state index contributed by atoms with van der Waals surface area (Å²) in [6.45, 7) is 0. The van der Waals surface area contributed by atoms with Gasteiger partial charge in [-0.1, -0.05) is 53.0 Å². The average molecular weight is 369 g/mol. The van der Waals surface area contributed by atoms with E-state index in [9.17, 15) is 9.59 Å². The van der Waals surface area contributed by atoms with Crippen LogP contribution < -0.4 is 10.9 Å². The van der Waals surface area contributed by atoms with Crippen LogP contribution in [0.2, 0.25) is 15.1 Å². The molecule has 2 aromatic carbocycles. The number of anilines is 1. The zero-order chi connectivity index (χ0) is 16.6. The van der Waals surface area contributed by atoms with Crippen LogP contribution in [0.15, 0.2) is 51.7 Å². The first-order valence-corrected chi connectivity index (χ1v) is 7.58. The molecule has 0 unspecified atom stereocenters. The van der Waals surface area contributed by atoms with E-state index in [2.05, 4.69) is 5.32 Å². The number of halogens is 3. The fourth-order valence-corrected chi connectivity index (χ4v) is 2.63. The summed E-state index contributed by atoms with van der Waals surface area (Å²) >= 11 is 17.9. The van der Waals surface area contributed by atoms with E-state index < -0.39 is 11.5 Å². The minimum absolute atomic E-state index is 0.157. The molecule has 0 aliphatic carbocycles. The molecular weight excluding hydrogens is 361 g/mol. The van der Waals surface area contributed by atoms with E-state index in [0.29, 0.717) is 21.1 Å². The van der Waals surface area contributed by atoms with Crippen molar-refractivity contribution in [3.05, 3.63) is 73.5 Å². The van der Waals surface area contributed by atoms with Crippen molar-refractivity contribution < 1.29 is 9.21 Å². The summed E-state index contributed by atoms with van der Waals surface area (Å²) in [5, 5.41) is 3.86. The van der Waals surface area contributed by atoms with Gasteiger partial charge in [0.1, 0.15) is 5.56 Å². The van der Waals surface area contributed by atoms with E-state index >= 15 is 0 Å². The van der Waals surface area contributed by atoms with Crippen LogP contribution in [0.4, 0.5) is 5.69 Å². The third-order valence-corrected chi connectivity index (χ3v) is 4.27. The highest BCUT2D eigenvalue weighted by Crippen LogP contribution is 2.30. The summed E-state index contributed by atoms with van der Waals surface area (Å²) in [5.74, 6) is -0.648. The Morgan fingerprint density at radius 1 is 1.00 bits per heavy atom. The van der Waals surface area contributed by atoms with Crippen molar-refractivity contribution in [3.8, 4) is 0 Å². The molecule has 1 N–H and O–H groups in total. The van der Waals surface area contributed by atoms with Gasteiger partial charge in [-0.3, -0.25) is 4.79 Å². The second kappa shape index (κ2) is 6.24. The van der Waals surface area contributed by atoms with Crippen molar-refractivity contribution in [2.24, 2.45) is 0 Å². The predicted octanol–water partition coefficient (Wildman–Crippen LogP) is 5.01. The molecule has 1 heterocycles. The number of benzene rings is 2. The second-order valence-corrected chi connectivity index (χ2v) is 5.85. The van der Waals surface area contributed by atoms with E-state index in [0.717, 1.165) is 0 Å². The summed E-state index contributed by atoms with van der Waals surface area (Å²) in [6, 6.07) is 11.2. The van der Waals surface area contributed by atoms with Gasteiger partial charge in [-0.25, -0.2) is 4.79 Å². The molecule has 0 fully saturated rings. The molecule has 0 radical (unpaired) electrons. The maximum Gasteiger partial charge on any atom is 0.349 e. The zero-order valence-electron chi connectivity index (χ0n) is 11.4. The van der Waals surface area contributed by atoms with Gasteiger partial charge >= 0.3 is 5.63 Å². The Morgan fingerprint density at radius 2 is 1.70 bits per heavy atom. The molecule has 3 aromatic rings. The third-order valence-electron chi connectivity index (χ3n) is 3.16. The quantitative estimate of drug-likeness (QED) is 0.647. The second-order valence-electron chi connectivity index (χ2n) is 4.66. The Morgan fingerprint density at radius 3 is 2.48 bits per heavy atom. The topological polar surface area (TPSA) is 59.3 Å². The van der Waals surface area contributed by atoms with Gasteiger partial charge in [0.25, 0.3) is 5.91 Å². The number of nitrogens with one attached hydrogen (secondary N) is 1. The van der Waals surface area contributed by atoms with E-state index in [-0.39, 0.29) is 16.2 Å². The maximum absolute atomic E-state index is 12.3. The fourth-order valence-electron chi connectivity index (χ4n) is 2.06. The summed E-state index contributed by atoms with van der Waals surface area (Å²) in [6.07, 6.45) is 0. The lowest BCUT2D eigenvalue weighted by molar-refractivity contribution is 0.102. The van der Waals surface area contributed by atoms with Crippen molar-refractivity contribution in [1.82, 2.24) is 0 Å². The molecule has 116 valence electrons. The normalized spacial score (nSPS) is 10.7. The van der Waals surface area contributed by atoms with Gasteiger partial charge in [0.2, 0.25) is 0 Å². The Balaban J connectivity index is 2.03. The van der Waals surface area contributed by atoms with Crippen LogP contribution in [0.3, 0.4) is 0 Å². The maximum atomic E-state index is 12.3. The number of carbonyl (C=O) groups is 1. The molecule has 4 nitrogen and oxygen atoms in total. The zero-order valence-corrected chi connectivity index (χ0v) is 13.7.